The van der Waals surface area contributed by atoms with E-state index in [0.717, 1.165) is 58.4 Å². The highest BCUT2D eigenvalue weighted by Gasteiger charge is 2.21. The van der Waals surface area contributed by atoms with Crippen LogP contribution >= 0.6 is 0 Å². The first kappa shape index (κ1) is 35.6. The van der Waals surface area contributed by atoms with Gasteiger partial charge in [-0.3, -0.25) is 9.59 Å². The van der Waals surface area contributed by atoms with E-state index in [1.165, 1.54) is 89.9 Å². The summed E-state index contributed by atoms with van der Waals surface area (Å²) in [5.41, 5.74) is 2.21. The van der Waals surface area contributed by atoms with Crippen LogP contribution in [0.3, 0.4) is 0 Å². The predicted octanol–water partition coefficient (Wildman–Crippen LogP) is 12.3. The fraction of sp³-hybridized carbons (Fsp3) is 0.600. The Bertz CT molecular complexity index is 1210. The van der Waals surface area contributed by atoms with E-state index in [-0.39, 0.29) is 11.9 Å². The van der Waals surface area contributed by atoms with Crippen molar-refractivity contribution in [3.8, 4) is 11.5 Å². The van der Waals surface area contributed by atoms with E-state index in [2.05, 4.69) is 39.8 Å². The van der Waals surface area contributed by atoms with E-state index < -0.39 is 0 Å². The Labute approximate surface area is 267 Å². The summed E-state index contributed by atoms with van der Waals surface area (Å²) in [4.78, 5) is 26.1. The number of aryl methyl sites for hydroxylation is 2. The van der Waals surface area contributed by atoms with Crippen LogP contribution in [0.2, 0.25) is 0 Å². The van der Waals surface area contributed by atoms with Crippen molar-refractivity contribution < 1.29 is 19.1 Å². The maximum atomic E-state index is 13.1. The van der Waals surface area contributed by atoms with Crippen molar-refractivity contribution in [2.75, 3.05) is 0 Å². The first-order chi connectivity index (χ1) is 21.5. The van der Waals surface area contributed by atoms with E-state index in [4.69, 9.17) is 9.47 Å². The summed E-state index contributed by atoms with van der Waals surface area (Å²) < 4.78 is 12.2. The maximum absolute atomic E-state index is 13.1. The molecule has 0 aromatic heterocycles. The molecular formula is C40H58O4. The molecule has 0 aliphatic rings. The Morgan fingerprint density at radius 3 is 1.14 bits per heavy atom. The van der Waals surface area contributed by atoms with E-state index in [0.29, 0.717) is 24.3 Å². The Morgan fingerprint density at radius 2 is 0.795 bits per heavy atom. The number of ether oxygens (including phenoxy) is 2. The lowest BCUT2D eigenvalue weighted by Gasteiger charge is -2.18. The first-order valence-electron chi connectivity index (χ1n) is 17.8. The summed E-state index contributed by atoms with van der Waals surface area (Å²) in [6, 6.07) is 11.9. The van der Waals surface area contributed by atoms with Gasteiger partial charge in [0.25, 0.3) is 0 Å². The van der Waals surface area contributed by atoms with Crippen LogP contribution in [0.1, 0.15) is 153 Å². The highest BCUT2D eigenvalue weighted by atomic mass is 16.5. The molecule has 3 aromatic carbocycles. The molecule has 0 saturated heterocycles. The van der Waals surface area contributed by atoms with Gasteiger partial charge >= 0.3 is 11.9 Å². The van der Waals surface area contributed by atoms with Crippen LogP contribution < -0.4 is 9.47 Å². The highest BCUT2D eigenvalue weighted by molar-refractivity contribution is 6.13. The van der Waals surface area contributed by atoms with Crippen LogP contribution in [0.15, 0.2) is 36.4 Å². The standard InChI is InChI=1S/C40H58O4/c1-5-7-9-11-13-15-17-19-21-27-37(41)43-39-33-25-23-24-26-34(33)40(36-30-32(4)31(3)29-35(36)39)44-38(42)28-22-20-18-16-14-12-10-8-6-2/h23-26,29-30H,5-22,27-28H2,1-4H3. The van der Waals surface area contributed by atoms with Gasteiger partial charge in [0.1, 0.15) is 11.5 Å². The zero-order valence-electron chi connectivity index (χ0n) is 28.2. The minimum Gasteiger partial charge on any atom is -0.425 e. The van der Waals surface area contributed by atoms with Gasteiger partial charge in [-0.15, -0.1) is 0 Å². The van der Waals surface area contributed by atoms with Gasteiger partial charge in [-0.1, -0.05) is 141 Å². The van der Waals surface area contributed by atoms with Gasteiger partial charge < -0.3 is 9.47 Å². The van der Waals surface area contributed by atoms with Crippen molar-refractivity contribution in [3.63, 3.8) is 0 Å². The average Bonchev–Trinajstić information content (AvgIpc) is 3.02. The van der Waals surface area contributed by atoms with Gasteiger partial charge in [-0.2, -0.15) is 0 Å². The molecule has 0 heterocycles. The number of esters is 2. The number of hydrogen-bond acceptors (Lipinski definition) is 4. The molecule has 0 saturated carbocycles. The monoisotopic (exact) mass is 602 g/mol. The third-order valence-electron chi connectivity index (χ3n) is 8.94. The van der Waals surface area contributed by atoms with Gasteiger partial charge in [0.05, 0.1) is 0 Å². The Kier molecular flexibility index (Phi) is 16.3. The number of hydrogen-bond donors (Lipinski definition) is 0. The zero-order chi connectivity index (χ0) is 31.6. The van der Waals surface area contributed by atoms with Crippen molar-refractivity contribution in [2.45, 2.75) is 156 Å². The summed E-state index contributed by atoms with van der Waals surface area (Å²) in [5, 5.41) is 3.24. The molecule has 242 valence electrons. The molecule has 4 nitrogen and oxygen atoms in total. The summed E-state index contributed by atoms with van der Waals surface area (Å²) in [6.07, 6.45) is 22.5. The summed E-state index contributed by atoms with van der Waals surface area (Å²) >= 11 is 0. The fourth-order valence-electron chi connectivity index (χ4n) is 6.07. The molecule has 4 heteroatoms. The van der Waals surface area contributed by atoms with E-state index >= 15 is 0 Å². The van der Waals surface area contributed by atoms with Crippen LogP contribution in [0.25, 0.3) is 21.5 Å². The second-order valence-corrected chi connectivity index (χ2v) is 12.8. The van der Waals surface area contributed by atoms with Crippen molar-refractivity contribution in [1.82, 2.24) is 0 Å². The van der Waals surface area contributed by atoms with Crippen LogP contribution in [0.4, 0.5) is 0 Å². The van der Waals surface area contributed by atoms with Gasteiger partial charge in [-0.25, -0.2) is 0 Å². The Balaban J connectivity index is 1.66. The Morgan fingerprint density at radius 1 is 0.477 bits per heavy atom. The highest BCUT2D eigenvalue weighted by Crippen LogP contribution is 2.44. The first-order valence-corrected chi connectivity index (χ1v) is 17.8. The quantitative estimate of drug-likeness (QED) is 0.0497. The number of carbonyl (C=O) groups excluding carboxylic acids is 2. The second-order valence-electron chi connectivity index (χ2n) is 12.8. The molecule has 3 aromatic rings. The van der Waals surface area contributed by atoms with Crippen LogP contribution in [0.5, 0.6) is 11.5 Å². The lowest BCUT2D eigenvalue weighted by atomic mass is 9.96. The molecule has 0 unspecified atom stereocenters. The molecular weight excluding hydrogens is 544 g/mol. The van der Waals surface area contributed by atoms with Crippen molar-refractivity contribution in [1.29, 1.82) is 0 Å². The van der Waals surface area contributed by atoms with E-state index in [1.54, 1.807) is 0 Å². The molecule has 0 radical (unpaired) electrons. The number of unbranched alkanes of at least 4 members (excludes halogenated alkanes) is 16. The van der Waals surface area contributed by atoms with Gasteiger partial charge in [-0.05, 0) is 49.9 Å². The number of benzene rings is 3. The molecule has 0 atom stereocenters. The molecule has 0 fully saturated rings. The third kappa shape index (κ3) is 11.6. The zero-order valence-corrected chi connectivity index (χ0v) is 28.2. The number of rotatable bonds is 22. The van der Waals surface area contributed by atoms with Crippen molar-refractivity contribution >= 4 is 33.5 Å². The fourth-order valence-corrected chi connectivity index (χ4v) is 6.07. The molecule has 3 rings (SSSR count). The lowest BCUT2D eigenvalue weighted by Crippen LogP contribution is -2.11. The van der Waals surface area contributed by atoms with E-state index in [1.807, 2.05) is 24.3 Å². The second kappa shape index (κ2) is 20.2. The largest absolute Gasteiger partial charge is 0.425 e. The minimum absolute atomic E-state index is 0.201. The maximum Gasteiger partial charge on any atom is 0.311 e. The summed E-state index contributed by atoms with van der Waals surface area (Å²) in [7, 11) is 0. The van der Waals surface area contributed by atoms with Crippen molar-refractivity contribution in [2.24, 2.45) is 0 Å². The Hall–Kier alpha value is -2.88. The van der Waals surface area contributed by atoms with E-state index in [9.17, 15) is 9.59 Å². The minimum atomic E-state index is -0.201. The topological polar surface area (TPSA) is 52.6 Å². The SMILES string of the molecule is CCCCCCCCCCCC(=O)Oc1c2ccccc2c(OC(=O)CCCCCCCCCCC)c2cc(C)c(C)cc12. The van der Waals surface area contributed by atoms with Gasteiger partial charge in [0.2, 0.25) is 0 Å². The van der Waals surface area contributed by atoms with Crippen molar-refractivity contribution in [3.05, 3.63) is 47.5 Å². The normalized spacial score (nSPS) is 11.4. The summed E-state index contributed by atoms with van der Waals surface area (Å²) in [6.45, 7) is 8.62. The van der Waals surface area contributed by atoms with Crippen LogP contribution in [-0.2, 0) is 9.59 Å². The van der Waals surface area contributed by atoms with Crippen LogP contribution in [-0.4, -0.2) is 11.9 Å². The molecule has 0 bridgehead atoms. The van der Waals surface area contributed by atoms with Gasteiger partial charge in [0.15, 0.2) is 0 Å². The molecule has 0 spiro atoms. The molecule has 0 amide bonds. The molecule has 0 aliphatic carbocycles. The predicted molar refractivity (Wildman–Crippen MR) is 186 cm³/mol. The smallest absolute Gasteiger partial charge is 0.311 e. The number of fused-ring (bicyclic) bond motifs is 2. The lowest BCUT2D eigenvalue weighted by molar-refractivity contribution is -0.135. The molecule has 44 heavy (non-hydrogen) atoms. The molecule has 0 N–H and O–H groups in total. The van der Waals surface area contributed by atoms with Crippen LogP contribution in [0, 0.1) is 13.8 Å². The molecule has 0 aliphatic heterocycles. The van der Waals surface area contributed by atoms with Gasteiger partial charge in [0, 0.05) is 34.4 Å². The summed E-state index contributed by atoms with van der Waals surface area (Å²) in [5.74, 6) is 0.734. The average molecular weight is 603 g/mol. The third-order valence-corrected chi connectivity index (χ3v) is 8.94. The number of carbonyl (C=O) groups is 2.